The van der Waals surface area contributed by atoms with E-state index in [2.05, 4.69) is 34.7 Å². The first kappa shape index (κ1) is 16.9. The lowest BCUT2D eigenvalue weighted by Gasteiger charge is -2.64. The van der Waals surface area contributed by atoms with Gasteiger partial charge in [0, 0.05) is 5.69 Å². The summed E-state index contributed by atoms with van der Waals surface area (Å²) in [7, 11) is 0. The number of amides is 1. The Balaban J connectivity index is 1.44. The lowest BCUT2D eigenvalue weighted by atomic mass is 9.40. The highest BCUT2D eigenvalue weighted by Gasteiger charge is 2.62. The fourth-order valence-corrected chi connectivity index (χ4v) is 7.17. The number of nitrogens with one attached hydrogen (secondary N) is 1. The molecule has 2 unspecified atom stereocenters. The van der Waals surface area contributed by atoms with Gasteiger partial charge >= 0.3 is 0 Å². The van der Waals surface area contributed by atoms with E-state index < -0.39 is 0 Å². The summed E-state index contributed by atoms with van der Waals surface area (Å²) in [6.45, 7) is 6.82. The molecule has 4 saturated carbocycles. The molecule has 1 N–H and O–H groups in total. The molecule has 2 atom stereocenters. The van der Waals surface area contributed by atoms with Gasteiger partial charge in [0.15, 0.2) is 0 Å². The molecule has 0 spiro atoms. The molecule has 0 saturated heterocycles. The Morgan fingerprint density at radius 1 is 1.15 bits per heavy atom. The van der Waals surface area contributed by atoms with Crippen LogP contribution in [0.3, 0.4) is 0 Å². The SMILES string of the molecule is Cc1ccc(NC(=O)C23CC4CC(C)(CC(C)(C4)C2)C3)cc1-n1cnnn1. The van der Waals surface area contributed by atoms with E-state index in [0.29, 0.717) is 16.7 Å². The summed E-state index contributed by atoms with van der Waals surface area (Å²) in [5, 5.41) is 14.7. The summed E-state index contributed by atoms with van der Waals surface area (Å²) in [4.78, 5) is 13.5. The second kappa shape index (κ2) is 5.40. The van der Waals surface area contributed by atoms with Crippen LogP contribution in [0.5, 0.6) is 0 Å². The molecule has 1 aromatic heterocycles. The standard InChI is InChI=1S/C21H27N5O/c1-14-4-5-16(6-17(14)26-13-22-24-25-26)23-18(27)21-9-15-7-19(2,11-21)10-20(3,8-15)12-21/h4-6,13,15H,7-12H2,1-3H3,(H,23,27). The van der Waals surface area contributed by atoms with Crippen molar-refractivity contribution in [2.24, 2.45) is 22.2 Å². The Kier molecular flexibility index (Phi) is 3.38. The maximum atomic E-state index is 13.5. The molecule has 4 aliphatic carbocycles. The number of rotatable bonds is 3. The van der Waals surface area contributed by atoms with Crippen LogP contribution in [0.15, 0.2) is 24.5 Å². The topological polar surface area (TPSA) is 72.7 Å². The average molecular weight is 365 g/mol. The largest absolute Gasteiger partial charge is 0.326 e. The van der Waals surface area contributed by atoms with Gasteiger partial charge in [-0.1, -0.05) is 19.9 Å². The number of tetrazole rings is 1. The van der Waals surface area contributed by atoms with Crippen molar-refractivity contribution in [2.45, 2.75) is 59.3 Å². The third-order valence-corrected chi connectivity index (χ3v) is 7.17. The van der Waals surface area contributed by atoms with Gasteiger partial charge in [-0.05, 0) is 90.3 Å². The monoisotopic (exact) mass is 365 g/mol. The Hall–Kier alpha value is -2.24. The number of hydrogen-bond acceptors (Lipinski definition) is 4. The Labute approximate surface area is 159 Å². The van der Waals surface area contributed by atoms with Crippen LogP contribution in [0.4, 0.5) is 5.69 Å². The maximum Gasteiger partial charge on any atom is 0.230 e. The summed E-state index contributed by atoms with van der Waals surface area (Å²) < 4.78 is 1.64. The van der Waals surface area contributed by atoms with Gasteiger partial charge in [0.2, 0.25) is 5.91 Å². The fourth-order valence-electron chi connectivity index (χ4n) is 7.17. The zero-order valence-electron chi connectivity index (χ0n) is 16.3. The van der Waals surface area contributed by atoms with E-state index in [1.54, 1.807) is 11.0 Å². The first-order valence-electron chi connectivity index (χ1n) is 9.94. The van der Waals surface area contributed by atoms with Crippen molar-refractivity contribution >= 4 is 11.6 Å². The molecule has 142 valence electrons. The molecule has 0 aliphatic heterocycles. The molecule has 1 amide bonds. The summed E-state index contributed by atoms with van der Waals surface area (Å²) in [5.74, 6) is 0.910. The minimum Gasteiger partial charge on any atom is -0.326 e. The summed E-state index contributed by atoms with van der Waals surface area (Å²) in [6.07, 6.45) is 8.56. The molecule has 4 aliphatic rings. The van der Waals surface area contributed by atoms with Crippen LogP contribution in [0.1, 0.15) is 57.9 Å². The second-order valence-electron chi connectivity index (χ2n) is 10.1. The lowest BCUT2D eigenvalue weighted by Crippen LogP contribution is -2.58. The molecule has 6 rings (SSSR count). The van der Waals surface area contributed by atoms with E-state index in [1.165, 1.54) is 19.3 Å². The van der Waals surface area contributed by atoms with Crippen molar-refractivity contribution in [1.29, 1.82) is 0 Å². The van der Waals surface area contributed by atoms with Crippen molar-refractivity contribution in [3.05, 3.63) is 30.1 Å². The van der Waals surface area contributed by atoms with Crippen LogP contribution in [0.2, 0.25) is 0 Å². The fraction of sp³-hybridized carbons (Fsp3) is 0.619. The van der Waals surface area contributed by atoms with Crippen LogP contribution in [0.25, 0.3) is 5.69 Å². The van der Waals surface area contributed by atoms with Crippen molar-refractivity contribution in [3.63, 3.8) is 0 Å². The van der Waals surface area contributed by atoms with E-state index in [9.17, 15) is 4.79 Å². The second-order valence-corrected chi connectivity index (χ2v) is 10.1. The van der Waals surface area contributed by atoms with E-state index in [4.69, 9.17) is 0 Å². The number of aryl methyl sites for hydroxylation is 1. The van der Waals surface area contributed by atoms with Crippen molar-refractivity contribution in [2.75, 3.05) is 5.32 Å². The third kappa shape index (κ3) is 2.68. The molecular formula is C21H27N5O. The van der Waals surface area contributed by atoms with Gasteiger partial charge in [0.25, 0.3) is 0 Å². The predicted octanol–water partition coefficient (Wildman–Crippen LogP) is 3.91. The number of carbonyl (C=O) groups is 1. The molecule has 0 radical (unpaired) electrons. The highest BCUT2D eigenvalue weighted by Crippen LogP contribution is 2.69. The highest BCUT2D eigenvalue weighted by atomic mass is 16.2. The van der Waals surface area contributed by atoms with Crippen LogP contribution in [0, 0.1) is 29.1 Å². The zero-order valence-corrected chi connectivity index (χ0v) is 16.3. The Morgan fingerprint density at radius 2 is 1.89 bits per heavy atom. The Morgan fingerprint density at radius 3 is 2.52 bits per heavy atom. The van der Waals surface area contributed by atoms with Crippen LogP contribution >= 0.6 is 0 Å². The number of carbonyl (C=O) groups excluding carboxylic acids is 1. The number of nitrogens with zero attached hydrogens (tertiary/aromatic N) is 4. The molecule has 4 fully saturated rings. The number of anilines is 1. The van der Waals surface area contributed by atoms with Crippen molar-refractivity contribution < 1.29 is 4.79 Å². The average Bonchev–Trinajstić information content (AvgIpc) is 3.07. The molecule has 1 aromatic carbocycles. The van der Waals surface area contributed by atoms with E-state index in [0.717, 1.165) is 36.2 Å². The van der Waals surface area contributed by atoms with E-state index in [1.807, 2.05) is 25.1 Å². The van der Waals surface area contributed by atoms with E-state index in [-0.39, 0.29) is 11.3 Å². The lowest BCUT2D eigenvalue weighted by molar-refractivity contribution is -0.165. The summed E-state index contributed by atoms with van der Waals surface area (Å²) >= 11 is 0. The van der Waals surface area contributed by atoms with Gasteiger partial charge in [-0.25, -0.2) is 4.68 Å². The minimum atomic E-state index is -0.206. The van der Waals surface area contributed by atoms with Crippen LogP contribution in [-0.4, -0.2) is 26.1 Å². The molecule has 4 bridgehead atoms. The number of aromatic nitrogens is 4. The van der Waals surface area contributed by atoms with Gasteiger partial charge in [-0.2, -0.15) is 0 Å². The minimum absolute atomic E-state index is 0.204. The van der Waals surface area contributed by atoms with Gasteiger partial charge < -0.3 is 5.32 Å². The van der Waals surface area contributed by atoms with E-state index >= 15 is 0 Å². The molecule has 1 heterocycles. The van der Waals surface area contributed by atoms with Gasteiger partial charge in [-0.15, -0.1) is 5.10 Å². The van der Waals surface area contributed by atoms with Gasteiger partial charge in [-0.3, -0.25) is 4.79 Å². The van der Waals surface area contributed by atoms with Crippen LogP contribution < -0.4 is 5.32 Å². The highest BCUT2D eigenvalue weighted by molar-refractivity contribution is 5.96. The summed E-state index contributed by atoms with van der Waals surface area (Å²) in [6, 6.07) is 5.95. The first-order chi connectivity index (χ1) is 12.8. The molecule has 6 heteroatoms. The first-order valence-corrected chi connectivity index (χ1v) is 9.94. The summed E-state index contributed by atoms with van der Waals surface area (Å²) in [5.41, 5.74) is 3.23. The smallest absolute Gasteiger partial charge is 0.230 e. The number of benzene rings is 1. The normalized spacial score (nSPS) is 36.8. The maximum absolute atomic E-state index is 13.5. The molecular weight excluding hydrogens is 338 g/mol. The van der Waals surface area contributed by atoms with Gasteiger partial charge in [0.1, 0.15) is 6.33 Å². The molecule has 6 nitrogen and oxygen atoms in total. The Bertz CT molecular complexity index is 887. The van der Waals surface area contributed by atoms with Crippen molar-refractivity contribution in [3.8, 4) is 5.69 Å². The van der Waals surface area contributed by atoms with Gasteiger partial charge in [0.05, 0.1) is 11.1 Å². The molecule has 2 aromatic rings. The zero-order chi connectivity index (χ0) is 18.9. The third-order valence-electron chi connectivity index (χ3n) is 7.17. The molecule has 27 heavy (non-hydrogen) atoms. The number of hydrogen-bond donors (Lipinski definition) is 1. The van der Waals surface area contributed by atoms with Crippen molar-refractivity contribution in [1.82, 2.24) is 20.2 Å². The quantitative estimate of drug-likeness (QED) is 0.895. The predicted molar refractivity (Wildman–Crippen MR) is 102 cm³/mol. The van der Waals surface area contributed by atoms with Crippen LogP contribution in [-0.2, 0) is 4.79 Å².